The minimum Gasteiger partial charge on any atom is -0.379 e. The Kier molecular flexibility index (Phi) is 4.58. The summed E-state index contributed by atoms with van der Waals surface area (Å²) >= 11 is 0. The Labute approximate surface area is 74.4 Å². The zero-order valence-electron chi connectivity index (χ0n) is 8.01. The lowest BCUT2D eigenvalue weighted by molar-refractivity contribution is 0.103. The number of hydrogen-bond acceptors (Lipinski definition) is 3. The molecule has 1 aliphatic heterocycles. The molecular formula is C9H19NO2. The van der Waals surface area contributed by atoms with Gasteiger partial charge in [-0.25, -0.2) is 0 Å². The van der Waals surface area contributed by atoms with E-state index in [2.05, 4.69) is 12.2 Å². The van der Waals surface area contributed by atoms with Gasteiger partial charge in [-0.1, -0.05) is 6.92 Å². The van der Waals surface area contributed by atoms with Gasteiger partial charge in [0, 0.05) is 12.0 Å². The van der Waals surface area contributed by atoms with Gasteiger partial charge in [0.1, 0.15) is 0 Å². The summed E-state index contributed by atoms with van der Waals surface area (Å²) in [6.07, 6.45) is 1.13. The van der Waals surface area contributed by atoms with Crippen molar-refractivity contribution in [1.82, 2.24) is 5.32 Å². The smallest absolute Gasteiger partial charge is 0.0700 e. The number of ether oxygens (including phenoxy) is 2. The van der Waals surface area contributed by atoms with Crippen LogP contribution in [0.2, 0.25) is 0 Å². The molecule has 12 heavy (non-hydrogen) atoms. The Morgan fingerprint density at radius 1 is 1.33 bits per heavy atom. The predicted molar refractivity (Wildman–Crippen MR) is 48.3 cm³/mol. The molecular weight excluding hydrogens is 154 g/mol. The summed E-state index contributed by atoms with van der Waals surface area (Å²) in [5.74, 6) is 0.516. The Morgan fingerprint density at radius 2 is 1.92 bits per heavy atom. The standard InChI is InChI=1S/C9H19NO2/c1-3-9(10-2)8-6-11-4-5-12-7-8/h8-10H,3-7H2,1-2H3. The summed E-state index contributed by atoms with van der Waals surface area (Å²) in [4.78, 5) is 0. The van der Waals surface area contributed by atoms with Crippen molar-refractivity contribution in [2.75, 3.05) is 33.5 Å². The molecule has 0 radical (unpaired) electrons. The average molecular weight is 173 g/mol. The Morgan fingerprint density at radius 3 is 2.33 bits per heavy atom. The highest BCUT2D eigenvalue weighted by Gasteiger charge is 2.20. The second-order valence-electron chi connectivity index (χ2n) is 3.21. The third-order valence-electron chi connectivity index (χ3n) is 2.42. The second kappa shape index (κ2) is 5.51. The van der Waals surface area contributed by atoms with Crippen LogP contribution >= 0.6 is 0 Å². The van der Waals surface area contributed by atoms with Crippen molar-refractivity contribution in [3.8, 4) is 0 Å². The van der Waals surface area contributed by atoms with Gasteiger partial charge in [-0.2, -0.15) is 0 Å². The summed E-state index contributed by atoms with van der Waals surface area (Å²) < 4.78 is 10.9. The molecule has 3 nitrogen and oxygen atoms in total. The van der Waals surface area contributed by atoms with Gasteiger partial charge in [-0.05, 0) is 13.5 Å². The van der Waals surface area contributed by atoms with Gasteiger partial charge in [-0.3, -0.25) is 0 Å². The van der Waals surface area contributed by atoms with E-state index in [4.69, 9.17) is 9.47 Å². The van der Waals surface area contributed by atoms with E-state index in [1.54, 1.807) is 0 Å². The highest BCUT2D eigenvalue weighted by atomic mass is 16.5. The maximum atomic E-state index is 5.43. The summed E-state index contributed by atoms with van der Waals surface area (Å²) in [6.45, 7) is 5.35. The molecule has 0 aliphatic carbocycles. The molecule has 1 unspecified atom stereocenters. The molecule has 1 N–H and O–H groups in total. The molecule has 1 rings (SSSR count). The first-order valence-corrected chi connectivity index (χ1v) is 4.71. The monoisotopic (exact) mass is 173 g/mol. The molecule has 0 aromatic heterocycles. The van der Waals surface area contributed by atoms with E-state index in [1.807, 2.05) is 7.05 Å². The Hall–Kier alpha value is -0.120. The van der Waals surface area contributed by atoms with Gasteiger partial charge in [0.25, 0.3) is 0 Å². The summed E-state index contributed by atoms with van der Waals surface area (Å²) in [7, 11) is 2.00. The molecule has 1 saturated heterocycles. The summed E-state index contributed by atoms with van der Waals surface area (Å²) in [6, 6.07) is 0.531. The fourth-order valence-electron chi connectivity index (χ4n) is 1.64. The van der Waals surface area contributed by atoms with Gasteiger partial charge in [0.05, 0.1) is 26.4 Å². The fourth-order valence-corrected chi connectivity index (χ4v) is 1.64. The van der Waals surface area contributed by atoms with Crippen molar-refractivity contribution in [2.24, 2.45) is 5.92 Å². The van der Waals surface area contributed by atoms with Crippen molar-refractivity contribution in [2.45, 2.75) is 19.4 Å². The van der Waals surface area contributed by atoms with Crippen LogP contribution in [0.4, 0.5) is 0 Å². The molecule has 0 bridgehead atoms. The van der Waals surface area contributed by atoms with Crippen molar-refractivity contribution in [3.63, 3.8) is 0 Å². The van der Waals surface area contributed by atoms with Crippen LogP contribution in [0.5, 0.6) is 0 Å². The first-order valence-electron chi connectivity index (χ1n) is 4.71. The number of nitrogens with one attached hydrogen (secondary N) is 1. The topological polar surface area (TPSA) is 30.5 Å². The van der Waals surface area contributed by atoms with Crippen LogP contribution in [0, 0.1) is 5.92 Å². The largest absolute Gasteiger partial charge is 0.379 e. The van der Waals surface area contributed by atoms with Crippen LogP contribution in [0.3, 0.4) is 0 Å². The average Bonchev–Trinajstić information content (AvgIpc) is 2.35. The Balaban J connectivity index is 2.35. The third kappa shape index (κ3) is 2.73. The molecule has 3 heteroatoms. The van der Waals surface area contributed by atoms with Crippen LogP contribution in [-0.4, -0.2) is 39.5 Å². The van der Waals surface area contributed by atoms with Crippen LogP contribution in [-0.2, 0) is 9.47 Å². The predicted octanol–water partition coefficient (Wildman–Crippen LogP) is 0.647. The van der Waals surface area contributed by atoms with Crippen molar-refractivity contribution in [1.29, 1.82) is 0 Å². The molecule has 0 saturated carbocycles. The van der Waals surface area contributed by atoms with E-state index in [0.717, 1.165) is 32.8 Å². The van der Waals surface area contributed by atoms with Gasteiger partial charge in [0.2, 0.25) is 0 Å². The van der Waals surface area contributed by atoms with E-state index in [9.17, 15) is 0 Å². The molecule has 0 aromatic rings. The summed E-state index contributed by atoms with van der Waals surface area (Å²) in [5.41, 5.74) is 0. The molecule has 1 heterocycles. The van der Waals surface area contributed by atoms with Gasteiger partial charge in [-0.15, -0.1) is 0 Å². The van der Waals surface area contributed by atoms with E-state index >= 15 is 0 Å². The van der Waals surface area contributed by atoms with Gasteiger partial charge in [0.15, 0.2) is 0 Å². The maximum Gasteiger partial charge on any atom is 0.0700 e. The minimum absolute atomic E-state index is 0.516. The SMILES string of the molecule is CCC(NC)C1COCCOC1. The lowest BCUT2D eigenvalue weighted by Gasteiger charge is -2.23. The zero-order valence-corrected chi connectivity index (χ0v) is 8.01. The van der Waals surface area contributed by atoms with Crippen LogP contribution < -0.4 is 5.32 Å². The van der Waals surface area contributed by atoms with Crippen LogP contribution in [0.25, 0.3) is 0 Å². The van der Waals surface area contributed by atoms with E-state index in [0.29, 0.717) is 12.0 Å². The normalized spacial score (nSPS) is 23.5. The second-order valence-corrected chi connectivity index (χ2v) is 3.21. The number of rotatable bonds is 3. The van der Waals surface area contributed by atoms with Gasteiger partial charge < -0.3 is 14.8 Å². The minimum atomic E-state index is 0.516. The van der Waals surface area contributed by atoms with Crippen molar-refractivity contribution < 1.29 is 9.47 Å². The highest BCUT2D eigenvalue weighted by Crippen LogP contribution is 2.11. The first-order chi connectivity index (χ1) is 5.88. The van der Waals surface area contributed by atoms with Crippen LogP contribution in [0.1, 0.15) is 13.3 Å². The molecule has 1 atom stereocenters. The highest BCUT2D eigenvalue weighted by molar-refractivity contribution is 4.74. The fraction of sp³-hybridized carbons (Fsp3) is 1.00. The molecule has 0 amide bonds. The maximum absolute atomic E-state index is 5.43. The zero-order chi connectivity index (χ0) is 8.81. The van der Waals surface area contributed by atoms with Crippen molar-refractivity contribution >= 4 is 0 Å². The van der Waals surface area contributed by atoms with Gasteiger partial charge >= 0.3 is 0 Å². The molecule has 72 valence electrons. The van der Waals surface area contributed by atoms with Crippen molar-refractivity contribution in [3.05, 3.63) is 0 Å². The van der Waals surface area contributed by atoms with Crippen LogP contribution in [0.15, 0.2) is 0 Å². The lowest BCUT2D eigenvalue weighted by Crippen LogP contribution is -2.37. The summed E-state index contributed by atoms with van der Waals surface area (Å²) in [5, 5.41) is 3.29. The quantitative estimate of drug-likeness (QED) is 0.679. The number of hydrogen-bond donors (Lipinski definition) is 1. The third-order valence-corrected chi connectivity index (χ3v) is 2.42. The molecule has 0 aromatic carbocycles. The molecule has 0 spiro atoms. The lowest BCUT2D eigenvalue weighted by atomic mass is 10.00. The van der Waals surface area contributed by atoms with E-state index in [-0.39, 0.29) is 0 Å². The molecule has 1 aliphatic rings. The molecule has 1 fully saturated rings. The Bertz CT molecular complexity index is 107. The van der Waals surface area contributed by atoms with E-state index in [1.165, 1.54) is 0 Å². The first kappa shape index (κ1) is 9.96. The van der Waals surface area contributed by atoms with E-state index < -0.39 is 0 Å².